The van der Waals surface area contributed by atoms with Crippen molar-refractivity contribution in [3.05, 3.63) is 54.3 Å². The van der Waals surface area contributed by atoms with Gasteiger partial charge in [0.05, 0.1) is 0 Å². The van der Waals surface area contributed by atoms with Gasteiger partial charge in [0.15, 0.2) is 6.61 Å². The summed E-state index contributed by atoms with van der Waals surface area (Å²) >= 11 is 1.50. The molecular weight excluding hydrogens is 368 g/mol. The number of nitrogens with one attached hydrogen (secondary N) is 1. The predicted octanol–water partition coefficient (Wildman–Crippen LogP) is 1.47. The summed E-state index contributed by atoms with van der Waals surface area (Å²) in [6.45, 7) is 5.19. The Labute approximate surface area is 161 Å². The van der Waals surface area contributed by atoms with E-state index in [1.165, 1.54) is 22.7 Å². The van der Waals surface area contributed by atoms with E-state index in [0.717, 1.165) is 5.57 Å². The minimum absolute atomic E-state index is 0.0758. The van der Waals surface area contributed by atoms with Crippen molar-refractivity contribution in [3.8, 4) is 5.75 Å². The molecule has 2 heterocycles. The van der Waals surface area contributed by atoms with Gasteiger partial charge in [-0.1, -0.05) is 30.9 Å². The Balaban J connectivity index is 1.59. The minimum Gasteiger partial charge on any atom is -0.484 e. The summed E-state index contributed by atoms with van der Waals surface area (Å²) < 4.78 is 10.5. The van der Waals surface area contributed by atoms with E-state index in [4.69, 9.17) is 9.47 Å². The van der Waals surface area contributed by atoms with Crippen molar-refractivity contribution in [2.75, 3.05) is 19.0 Å². The van der Waals surface area contributed by atoms with Gasteiger partial charge in [-0.3, -0.25) is 14.5 Å². The van der Waals surface area contributed by atoms with Crippen molar-refractivity contribution in [1.82, 2.24) is 10.2 Å². The number of hydrogen-bond donors (Lipinski definition) is 1. The van der Waals surface area contributed by atoms with Gasteiger partial charge in [-0.05, 0) is 24.6 Å². The standard InChI is InChI=1S/C19H20N2O5S/c1-3-9-25-19(24)16-12(2)11-27-18-15(17(23)21(16)18)20-14(22)10-26-13-7-5-4-6-8-13/h3-8,15,18H,1,9-11H2,2H3,(H,20,22)/t15?,18-/m0/s1. The molecule has 0 aliphatic carbocycles. The maximum Gasteiger partial charge on any atom is 0.355 e. The summed E-state index contributed by atoms with van der Waals surface area (Å²) in [7, 11) is 0. The highest BCUT2D eigenvalue weighted by molar-refractivity contribution is 8.00. The van der Waals surface area contributed by atoms with Crippen LogP contribution in [0.4, 0.5) is 0 Å². The van der Waals surface area contributed by atoms with Crippen molar-refractivity contribution < 1.29 is 23.9 Å². The molecule has 0 saturated carbocycles. The van der Waals surface area contributed by atoms with E-state index >= 15 is 0 Å². The summed E-state index contributed by atoms with van der Waals surface area (Å²) in [5.74, 6) is -0.111. The number of ether oxygens (including phenoxy) is 2. The highest BCUT2D eigenvalue weighted by atomic mass is 32.2. The lowest BCUT2D eigenvalue weighted by molar-refractivity contribution is -0.152. The van der Waals surface area contributed by atoms with Crippen LogP contribution in [0.3, 0.4) is 0 Å². The van der Waals surface area contributed by atoms with E-state index in [-0.39, 0.29) is 36.1 Å². The normalized spacial score (nSPS) is 21.1. The predicted molar refractivity (Wildman–Crippen MR) is 101 cm³/mol. The number of hydrogen-bond acceptors (Lipinski definition) is 6. The lowest BCUT2D eigenvalue weighted by Crippen LogP contribution is -2.70. The Hall–Kier alpha value is -2.74. The number of fused-ring (bicyclic) bond motifs is 1. The zero-order valence-corrected chi connectivity index (χ0v) is 15.7. The molecule has 1 aromatic carbocycles. The van der Waals surface area contributed by atoms with Gasteiger partial charge in [-0.15, -0.1) is 11.8 Å². The molecule has 0 aromatic heterocycles. The van der Waals surface area contributed by atoms with Crippen LogP contribution in [0.2, 0.25) is 0 Å². The molecule has 1 saturated heterocycles. The van der Waals surface area contributed by atoms with Crippen LogP contribution in [0, 0.1) is 0 Å². The first-order chi connectivity index (χ1) is 13.0. The van der Waals surface area contributed by atoms with Gasteiger partial charge >= 0.3 is 5.97 Å². The average molecular weight is 388 g/mol. The number of esters is 1. The largest absolute Gasteiger partial charge is 0.484 e. The average Bonchev–Trinajstić information content (AvgIpc) is 2.69. The van der Waals surface area contributed by atoms with Crippen LogP contribution in [0.1, 0.15) is 6.92 Å². The van der Waals surface area contributed by atoms with Crippen LogP contribution < -0.4 is 10.1 Å². The number of para-hydroxylation sites is 1. The van der Waals surface area contributed by atoms with Crippen LogP contribution in [-0.2, 0) is 19.1 Å². The van der Waals surface area contributed by atoms with Crippen molar-refractivity contribution in [1.29, 1.82) is 0 Å². The van der Waals surface area contributed by atoms with Crippen molar-refractivity contribution in [3.63, 3.8) is 0 Å². The third kappa shape index (κ3) is 4.00. The molecule has 3 rings (SSSR count). The van der Waals surface area contributed by atoms with Crippen molar-refractivity contribution in [2.24, 2.45) is 0 Å². The van der Waals surface area contributed by atoms with E-state index in [9.17, 15) is 14.4 Å². The van der Waals surface area contributed by atoms with Gasteiger partial charge < -0.3 is 14.8 Å². The summed E-state index contributed by atoms with van der Waals surface area (Å²) in [6, 6.07) is 8.27. The fourth-order valence-electron chi connectivity index (χ4n) is 2.85. The summed E-state index contributed by atoms with van der Waals surface area (Å²) in [5, 5.41) is 2.36. The first-order valence-corrected chi connectivity index (χ1v) is 9.47. The molecule has 142 valence electrons. The Morgan fingerprint density at radius 3 is 2.81 bits per heavy atom. The van der Waals surface area contributed by atoms with Crippen LogP contribution in [-0.4, -0.2) is 53.1 Å². The molecule has 2 aliphatic heterocycles. The Morgan fingerprint density at radius 2 is 2.11 bits per heavy atom. The van der Waals surface area contributed by atoms with Gasteiger partial charge in [0.2, 0.25) is 0 Å². The van der Waals surface area contributed by atoms with E-state index < -0.39 is 12.0 Å². The first kappa shape index (κ1) is 19.0. The molecule has 0 radical (unpaired) electrons. The topological polar surface area (TPSA) is 84.9 Å². The second-order valence-corrected chi connectivity index (χ2v) is 7.18. The second-order valence-electron chi connectivity index (χ2n) is 6.07. The molecular formula is C19H20N2O5S. The summed E-state index contributed by atoms with van der Waals surface area (Å²) in [5.41, 5.74) is 1.03. The number of thioether (sulfide) groups is 1. The maximum absolute atomic E-state index is 12.5. The van der Waals surface area contributed by atoms with Crippen molar-refractivity contribution in [2.45, 2.75) is 18.3 Å². The molecule has 27 heavy (non-hydrogen) atoms. The van der Waals surface area contributed by atoms with Crippen LogP contribution >= 0.6 is 11.8 Å². The molecule has 1 unspecified atom stereocenters. The van der Waals surface area contributed by atoms with E-state index in [1.54, 1.807) is 31.2 Å². The molecule has 0 bridgehead atoms. The molecule has 2 aliphatic rings. The zero-order valence-electron chi connectivity index (χ0n) is 14.8. The molecule has 8 heteroatoms. The summed E-state index contributed by atoms with van der Waals surface area (Å²) in [6.07, 6.45) is 1.47. The molecule has 1 fully saturated rings. The highest BCUT2D eigenvalue weighted by Crippen LogP contribution is 2.40. The molecule has 1 N–H and O–H groups in total. The Morgan fingerprint density at radius 1 is 1.37 bits per heavy atom. The third-order valence-electron chi connectivity index (χ3n) is 4.11. The number of rotatable bonds is 7. The smallest absolute Gasteiger partial charge is 0.355 e. The molecule has 2 amide bonds. The molecule has 2 atom stereocenters. The van der Waals surface area contributed by atoms with E-state index in [2.05, 4.69) is 11.9 Å². The van der Waals surface area contributed by atoms with Gasteiger partial charge in [-0.2, -0.15) is 0 Å². The number of nitrogens with zero attached hydrogens (tertiary/aromatic N) is 1. The number of amides is 2. The first-order valence-electron chi connectivity index (χ1n) is 8.42. The highest BCUT2D eigenvalue weighted by Gasteiger charge is 2.53. The minimum atomic E-state index is -0.683. The molecule has 1 aromatic rings. The SMILES string of the molecule is C=CCOC(=O)C1=C(C)CS[C@H]2C(NC(=O)COc3ccccc3)C(=O)N12. The molecule has 7 nitrogen and oxygen atoms in total. The van der Waals surface area contributed by atoms with E-state index in [0.29, 0.717) is 11.5 Å². The number of β-lactam (4-membered cyclic amide) rings is 1. The zero-order chi connectivity index (χ0) is 19.4. The lowest BCUT2D eigenvalue weighted by atomic mass is 10.0. The van der Waals surface area contributed by atoms with Crippen molar-refractivity contribution >= 4 is 29.5 Å². The molecule has 0 spiro atoms. The van der Waals surface area contributed by atoms with E-state index in [1.807, 2.05) is 6.07 Å². The number of benzene rings is 1. The van der Waals surface area contributed by atoms with Gasteiger partial charge in [0.1, 0.15) is 29.5 Å². The lowest BCUT2D eigenvalue weighted by Gasteiger charge is -2.49. The quantitative estimate of drug-likeness (QED) is 0.433. The van der Waals surface area contributed by atoms with Gasteiger partial charge in [0, 0.05) is 5.75 Å². The van der Waals surface area contributed by atoms with Gasteiger partial charge in [-0.25, -0.2) is 4.79 Å². The monoisotopic (exact) mass is 388 g/mol. The van der Waals surface area contributed by atoms with Crippen LogP contribution in [0.25, 0.3) is 0 Å². The number of carbonyl (C=O) groups excluding carboxylic acids is 3. The maximum atomic E-state index is 12.5. The third-order valence-corrected chi connectivity index (χ3v) is 5.54. The second kappa shape index (κ2) is 8.30. The van der Waals surface area contributed by atoms with Crippen LogP contribution in [0.15, 0.2) is 54.3 Å². The summed E-state index contributed by atoms with van der Waals surface area (Å²) in [4.78, 5) is 38.3. The van der Waals surface area contributed by atoms with Gasteiger partial charge in [0.25, 0.3) is 11.8 Å². The fraction of sp³-hybridized carbons (Fsp3) is 0.316. The fourth-order valence-corrected chi connectivity index (χ4v) is 4.14. The number of carbonyl (C=O) groups is 3. The Bertz CT molecular complexity index is 793. The van der Waals surface area contributed by atoms with Crippen LogP contribution in [0.5, 0.6) is 5.75 Å². The Kier molecular flexibility index (Phi) is 5.85.